The molecule has 3 nitrogen and oxygen atoms in total. The van der Waals surface area contributed by atoms with E-state index in [1.54, 1.807) is 7.11 Å². The van der Waals surface area contributed by atoms with Crippen molar-refractivity contribution < 1.29 is 9.47 Å². The second-order valence-corrected chi connectivity index (χ2v) is 4.14. The summed E-state index contributed by atoms with van der Waals surface area (Å²) in [5, 5.41) is 3.30. The van der Waals surface area contributed by atoms with Gasteiger partial charge in [-0.05, 0) is 37.2 Å². The number of benzene rings is 1. The molecule has 0 radical (unpaired) electrons. The Morgan fingerprint density at radius 2 is 2.12 bits per heavy atom. The number of hydrogen-bond donors (Lipinski definition) is 1. The first-order valence-electron chi connectivity index (χ1n) is 5.96. The monoisotopic (exact) mass is 233 g/mol. The van der Waals surface area contributed by atoms with E-state index >= 15 is 0 Å². The summed E-state index contributed by atoms with van der Waals surface area (Å²) in [5.74, 6) is 1.97. The van der Waals surface area contributed by atoms with E-state index in [1.807, 2.05) is 19.2 Å². The van der Waals surface area contributed by atoms with Crippen LogP contribution in [0.3, 0.4) is 0 Å². The van der Waals surface area contributed by atoms with Crippen molar-refractivity contribution >= 4 is 0 Å². The zero-order chi connectivity index (χ0) is 12.1. The summed E-state index contributed by atoms with van der Waals surface area (Å²) in [5.41, 5.74) is 1.28. The smallest absolute Gasteiger partial charge is 0.118 e. The summed E-state index contributed by atoms with van der Waals surface area (Å²) in [6, 6.07) is 8.45. The zero-order valence-corrected chi connectivity index (χ0v) is 10.4. The number of nitrogens with one attached hydrogen (secondary N) is 1. The molecule has 1 aliphatic heterocycles. The van der Waals surface area contributed by atoms with Crippen LogP contribution in [-0.2, 0) is 11.2 Å². The van der Waals surface area contributed by atoms with Crippen LogP contribution in [0.25, 0.3) is 0 Å². The van der Waals surface area contributed by atoms with Gasteiger partial charge in [-0.2, -0.15) is 0 Å². The molecule has 1 aromatic carbocycles. The molecular formula is C14H19NO2. The fraction of sp³-hybridized carbons (Fsp3) is 0.429. The number of likely N-dealkylation sites (N-methyl/N-ethyl adjacent to an activating group) is 1. The predicted octanol–water partition coefficient (Wildman–Crippen LogP) is 2.13. The van der Waals surface area contributed by atoms with Crippen molar-refractivity contribution in [3.63, 3.8) is 0 Å². The van der Waals surface area contributed by atoms with Crippen molar-refractivity contribution in [3.8, 4) is 5.75 Å². The van der Waals surface area contributed by atoms with Gasteiger partial charge in [0.2, 0.25) is 0 Å². The largest absolute Gasteiger partial charge is 0.497 e. The highest BCUT2D eigenvalue weighted by Gasteiger charge is 2.17. The molecule has 1 aromatic rings. The van der Waals surface area contributed by atoms with E-state index in [4.69, 9.17) is 9.47 Å². The fourth-order valence-corrected chi connectivity index (χ4v) is 2.02. The van der Waals surface area contributed by atoms with Crippen LogP contribution in [0, 0.1) is 0 Å². The molecule has 3 heteroatoms. The van der Waals surface area contributed by atoms with Crippen LogP contribution in [0.5, 0.6) is 5.75 Å². The average Bonchev–Trinajstić information content (AvgIpc) is 2.90. The summed E-state index contributed by atoms with van der Waals surface area (Å²) in [6.07, 6.45) is 4.13. The number of ether oxygens (including phenoxy) is 2. The third-order valence-corrected chi connectivity index (χ3v) is 3.02. The molecule has 0 aliphatic carbocycles. The Bertz CT molecular complexity index is 384. The van der Waals surface area contributed by atoms with Crippen LogP contribution < -0.4 is 10.1 Å². The van der Waals surface area contributed by atoms with Gasteiger partial charge in [-0.25, -0.2) is 0 Å². The molecule has 1 unspecified atom stereocenters. The van der Waals surface area contributed by atoms with Crippen LogP contribution in [0.15, 0.2) is 36.1 Å². The Hall–Kier alpha value is -1.48. The highest BCUT2D eigenvalue weighted by molar-refractivity contribution is 5.28. The van der Waals surface area contributed by atoms with Gasteiger partial charge < -0.3 is 14.8 Å². The average molecular weight is 233 g/mol. The summed E-state index contributed by atoms with van der Waals surface area (Å²) in [4.78, 5) is 0. The van der Waals surface area contributed by atoms with Crippen molar-refractivity contribution in [2.24, 2.45) is 0 Å². The molecule has 0 saturated carbocycles. The van der Waals surface area contributed by atoms with E-state index in [0.717, 1.165) is 31.0 Å². The summed E-state index contributed by atoms with van der Waals surface area (Å²) in [7, 11) is 3.65. The third-order valence-electron chi connectivity index (χ3n) is 3.02. The summed E-state index contributed by atoms with van der Waals surface area (Å²) in [6.45, 7) is 0.816. The van der Waals surface area contributed by atoms with Crippen LogP contribution in [0.1, 0.15) is 12.0 Å². The second kappa shape index (κ2) is 5.73. The number of rotatable bonds is 5. The molecule has 1 atom stereocenters. The SMILES string of the molecule is CNC(Cc1ccc(OC)cc1)C1=CCCO1. The van der Waals surface area contributed by atoms with Crippen LogP contribution in [-0.4, -0.2) is 26.8 Å². The maximum atomic E-state index is 5.60. The number of methoxy groups -OCH3 is 1. The quantitative estimate of drug-likeness (QED) is 0.845. The molecule has 1 aliphatic rings. The third kappa shape index (κ3) is 3.01. The minimum atomic E-state index is 0.269. The lowest BCUT2D eigenvalue weighted by molar-refractivity contribution is 0.217. The normalized spacial score (nSPS) is 16.2. The highest BCUT2D eigenvalue weighted by Crippen LogP contribution is 2.18. The summed E-state index contributed by atoms with van der Waals surface area (Å²) >= 11 is 0. The molecule has 1 heterocycles. The van der Waals surface area contributed by atoms with Crippen molar-refractivity contribution in [1.29, 1.82) is 0 Å². The van der Waals surface area contributed by atoms with Crippen molar-refractivity contribution in [2.75, 3.05) is 20.8 Å². The lowest BCUT2D eigenvalue weighted by Crippen LogP contribution is -2.30. The van der Waals surface area contributed by atoms with E-state index in [0.29, 0.717) is 0 Å². The van der Waals surface area contributed by atoms with E-state index in [9.17, 15) is 0 Å². The van der Waals surface area contributed by atoms with Gasteiger partial charge in [0.25, 0.3) is 0 Å². The molecule has 17 heavy (non-hydrogen) atoms. The molecule has 0 bridgehead atoms. The van der Waals surface area contributed by atoms with E-state index < -0.39 is 0 Å². The first-order valence-corrected chi connectivity index (χ1v) is 5.96. The molecular weight excluding hydrogens is 214 g/mol. The highest BCUT2D eigenvalue weighted by atomic mass is 16.5. The fourth-order valence-electron chi connectivity index (χ4n) is 2.02. The Kier molecular flexibility index (Phi) is 4.04. The Morgan fingerprint density at radius 1 is 1.35 bits per heavy atom. The molecule has 0 fully saturated rings. The molecule has 0 aromatic heterocycles. The van der Waals surface area contributed by atoms with Crippen LogP contribution >= 0.6 is 0 Å². The molecule has 92 valence electrons. The van der Waals surface area contributed by atoms with Gasteiger partial charge in [-0.3, -0.25) is 0 Å². The predicted molar refractivity (Wildman–Crippen MR) is 68.2 cm³/mol. The minimum Gasteiger partial charge on any atom is -0.497 e. The van der Waals surface area contributed by atoms with Gasteiger partial charge in [0.05, 0.1) is 19.8 Å². The Labute approximate surface area is 102 Å². The topological polar surface area (TPSA) is 30.5 Å². The van der Waals surface area contributed by atoms with Gasteiger partial charge in [-0.1, -0.05) is 12.1 Å². The molecule has 0 amide bonds. The van der Waals surface area contributed by atoms with Gasteiger partial charge in [-0.15, -0.1) is 0 Å². The molecule has 1 N–H and O–H groups in total. The standard InChI is InChI=1S/C14H19NO2/c1-15-13(14-4-3-9-17-14)10-11-5-7-12(16-2)8-6-11/h4-8,13,15H,3,9-10H2,1-2H3. The van der Waals surface area contributed by atoms with Gasteiger partial charge in [0, 0.05) is 6.42 Å². The lowest BCUT2D eigenvalue weighted by atomic mass is 10.0. The Balaban J connectivity index is 2.02. The molecule has 2 rings (SSSR count). The van der Waals surface area contributed by atoms with Crippen LogP contribution in [0.2, 0.25) is 0 Å². The van der Waals surface area contributed by atoms with Crippen molar-refractivity contribution in [3.05, 3.63) is 41.7 Å². The van der Waals surface area contributed by atoms with E-state index in [1.165, 1.54) is 5.56 Å². The van der Waals surface area contributed by atoms with E-state index in [-0.39, 0.29) is 6.04 Å². The van der Waals surface area contributed by atoms with Crippen molar-refractivity contribution in [2.45, 2.75) is 18.9 Å². The Morgan fingerprint density at radius 3 is 2.65 bits per heavy atom. The van der Waals surface area contributed by atoms with Crippen LogP contribution in [0.4, 0.5) is 0 Å². The lowest BCUT2D eigenvalue weighted by Gasteiger charge is -2.17. The molecule has 0 spiro atoms. The van der Waals surface area contributed by atoms with Crippen molar-refractivity contribution in [1.82, 2.24) is 5.32 Å². The van der Waals surface area contributed by atoms with Gasteiger partial charge in [0.15, 0.2) is 0 Å². The number of hydrogen-bond acceptors (Lipinski definition) is 3. The zero-order valence-electron chi connectivity index (χ0n) is 10.4. The second-order valence-electron chi connectivity index (χ2n) is 4.14. The van der Waals surface area contributed by atoms with Gasteiger partial charge >= 0.3 is 0 Å². The minimum absolute atomic E-state index is 0.269. The molecule has 0 saturated heterocycles. The maximum Gasteiger partial charge on any atom is 0.118 e. The van der Waals surface area contributed by atoms with E-state index in [2.05, 4.69) is 23.5 Å². The maximum absolute atomic E-state index is 5.60. The van der Waals surface area contributed by atoms with Gasteiger partial charge in [0.1, 0.15) is 11.5 Å². The first kappa shape index (κ1) is 12.0. The summed E-state index contributed by atoms with van der Waals surface area (Å²) < 4.78 is 10.7. The first-order chi connectivity index (χ1) is 8.33.